The van der Waals surface area contributed by atoms with Crippen molar-refractivity contribution in [2.45, 2.75) is 19.0 Å². The molecule has 1 aromatic carbocycles. The molecule has 1 aromatic rings. The molecule has 1 atom stereocenters. The summed E-state index contributed by atoms with van der Waals surface area (Å²) in [6.45, 7) is 2.54. The zero-order valence-corrected chi connectivity index (χ0v) is 9.88. The Morgan fingerprint density at radius 3 is 2.39 bits per heavy atom. The molecule has 1 aliphatic heterocycles. The average Bonchev–Trinajstić information content (AvgIpc) is 2.35. The van der Waals surface area contributed by atoms with E-state index < -0.39 is 11.7 Å². The van der Waals surface area contributed by atoms with Crippen molar-refractivity contribution >= 4 is 0 Å². The number of nitrogens with two attached hydrogens (primary N) is 1. The number of rotatable bonds is 2. The van der Waals surface area contributed by atoms with Crippen LogP contribution in [0, 0.1) is 0 Å². The fourth-order valence-corrected chi connectivity index (χ4v) is 1.90. The molecule has 3 nitrogen and oxygen atoms in total. The van der Waals surface area contributed by atoms with Crippen molar-refractivity contribution in [3.05, 3.63) is 23.3 Å². The molecular formula is C12H14F3NO2. The second-order valence-corrected chi connectivity index (χ2v) is 4.19. The predicted molar refractivity (Wildman–Crippen MR) is 59.9 cm³/mol. The zero-order chi connectivity index (χ0) is 13.3. The standard InChI is InChI=1S/C12H14F3NO2/c1-7(6-16)8-2-3-9(12(13,14)15)11-10(8)17-4-5-18-11/h2-3,7H,4-6,16H2,1H3. The van der Waals surface area contributed by atoms with Gasteiger partial charge in [-0.25, -0.2) is 0 Å². The lowest BCUT2D eigenvalue weighted by Crippen LogP contribution is -2.21. The number of halogens is 3. The Hall–Kier alpha value is -1.43. The minimum Gasteiger partial charge on any atom is -0.486 e. The minimum absolute atomic E-state index is 0.0808. The van der Waals surface area contributed by atoms with Gasteiger partial charge in [-0.15, -0.1) is 0 Å². The van der Waals surface area contributed by atoms with E-state index in [0.717, 1.165) is 6.07 Å². The fraction of sp³-hybridized carbons (Fsp3) is 0.500. The molecule has 0 bridgehead atoms. The Morgan fingerprint density at radius 1 is 1.22 bits per heavy atom. The van der Waals surface area contributed by atoms with E-state index in [-0.39, 0.29) is 30.6 Å². The van der Waals surface area contributed by atoms with Crippen LogP contribution in [0.5, 0.6) is 11.5 Å². The van der Waals surface area contributed by atoms with Gasteiger partial charge in [0.15, 0.2) is 11.5 Å². The Balaban J connectivity index is 2.56. The molecule has 0 saturated carbocycles. The predicted octanol–water partition coefficient (Wildman–Crippen LogP) is 2.54. The lowest BCUT2D eigenvalue weighted by molar-refractivity contribution is -0.139. The molecule has 2 N–H and O–H groups in total. The summed E-state index contributed by atoms with van der Waals surface area (Å²) in [6, 6.07) is 2.43. The first kappa shape index (κ1) is 13.0. The molecule has 18 heavy (non-hydrogen) atoms. The summed E-state index contributed by atoms with van der Waals surface area (Å²) in [6.07, 6.45) is -4.45. The van der Waals surface area contributed by atoms with Gasteiger partial charge in [0.05, 0.1) is 0 Å². The zero-order valence-electron chi connectivity index (χ0n) is 9.88. The van der Waals surface area contributed by atoms with E-state index in [1.54, 1.807) is 0 Å². The first-order valence-corrected chi connectivity index (χ1v) is 5.65. The van der Waals surface area contributed by atoms with Gasteiger partial charge in [-0.1, -0.05) is 13.0 Å². The lowest BCUT2D eigenvalue weighted by atomic mass is 9.97. The van der Waals surface area contributed by atoms with E-state index in [0.29, 0.717) is 12.1 Å². The van der Waals surface area contributed by atoms with Crippen LogP contribution in [-0.4, -0.2) is 19.8 Å². The van der Waals surface area contributed by atoms with Crippen LogP contribution < -0.4 is 15.2 Å². The largest absolute Gasteiger partial charge is 0.486 e. The third-order valence-corrected chi connectivity index (χ3v) is 2.91. The maximum absolute atomic E-state index is 12.8. The van der Waals surface area contributed by atoms with Crippen molar-refractivity contribution in [2.24, 2.45) is 5.73 Å². The van der Waals surface area contributed by atoms with Crippen molar-refractivity contribution in [1.29, 1.82) is 0 Å². The summed E-state index contributed by atoms with van der Waals surface area (Å²) in [4.78, 5) is 0. The average molecular weight is 261 g/mol. The Kier molecular flexibility index (Phi) is 3.38. The van der Waals surface area contributed by atoms with Crippen LogP contribution in [-0.2, 0) is 6.18 Å². The van der Waals surface area contributed by atoms with Crippen molar-refractivity contribution in [3.8, 4) is 11.5 Å². The highest BCUT2D eigenvalue weighted by atomic mass is 19.4. The molecule has 100 valence electrons. The van der Waals surface area contributed by atoms with Gasteiger partial charge in [0.1, 0.15) is 18.8 Å². The van der Waals surface area contributed by atoms with Crippen molar-refractivity contribution in [1.82, 2.24) is 0 Å². The molecule has 1 heterocycles. The van der Waals surface area contributed by atoms with Crippen molar-refractivity contribution < 1.29 is 22.6 Å². The fourth-order valence-electron chi connectivity index (χ4n) is 1.90. The number of hydrogen-bond donors (Lipinski definition) is 1. The van der Waals surface area contributed by atoms with Crippen LogP contribution in [0.2, 0.25) is 0 Å². The third kappa shape index (κ3) is 2.25. The summed E-state index contributed by atoms with van der Waals surface area (Å²) in [7, 11) is 0. The second kappa shape index (κ2) is 4.68. The van der Waals surface area contributed by atoms with Crippen LogP contribution in [0.25, 0.3) is 0 Å². The van der Waals surface area contributed by atoms with Gasteiger partial charge in [0.25, 0.3) is 0 Å². The molecule has 0 saturated heterocycles. The molecule has 0 fully saturated rings. The molecule has 0 radical (unpaired) electrons. The summed E-state index contributed by atoms with van der Waals surface area (Å²) in [5, 5.41) is 0. The van der Waals surface area contributed by atoms with E-state index in [1.165, 1.54) is 6.07 Å². The topological polar surface area (TPSA) is 44.5 Å². The Bertz CT molecular complexity index is 446. The lowest BCUT2D eigenvalue weighted by Gasteiger charge is -2.26. The highest BCUT2D eigenvalue weighted by molar-refractivity contribution is 5.55. The molecule has 0 amide bonds. The summed E-state index contributed by atoms with van der Waals surface area (Å²) in [5.74, 6) is -0.122. The van der Waals surface area contributed by atoms with Crippen molar-refractivity contribution in [3.63, 3.8) is 0 Å². The summed E-state index contributed by atoms with van der Waals surface area (Å²) in [5.41, 5.74) is 5.39. The van der Waals surface area contributed by atoms with Crippen LogP contribution in [0.3, 0.4) is 0 Å². The Morgan fingerprint density at radius 2 is 1.83 bits per heavy atom. The van der Waals surface area contributed by atoms with Crippen LogP contribution in [0.4, 0.5) is 13.2 Å². The highest BCUT2D eigenvalue weighted by Crippen LogP contribution is 2.46. The van der Waals surface area contributed by atoms with E-state index in [9.17, 15) is 13.2 Å². The minimum atomic E-state index is -4.45. The molecule has 6 heteroatoms. The molecule has 0 aliphatic carbocycles. The van der Waals surface area contributed by atoms with E-state index in [1.807, 2.05) is 6.92 Å². The van der Waals surface area contributed by atoms with Crippen LogP contribution in [0.15, 0.2) is 12.1 Å². The molecule has 0 spiro atoms. The number of alkyl halides is 3. The van der Waals surface area contributed by atoms with E-state index in [4.69, 9.17) is 15.2 Å². The monoisotopic (exact) mass is 261 g/mol. The van der Waals surface area contributed by atoms with Gasteiger partial charge < -0.3 is 15.2 Å². The first-order chi connectivity index (χ1) is 8.45. The van der Waals surface area contributed by atoms with Gasteiger partial charge in [0.2, 0.25) is 0 Å². The maximum atomic E-state index is 12.8. The van der Waals surface area contributed by atoms with Gasteiger partial charge in [0, 0.05) is 5.56 Å². The summed E-state index contributed by atoms with van der Waals surface area (Å²) < 4.78 is 49.0. The highest BCUT2D eigenvalue weighted by Gasteiger charge is 2.38. The normalized spacial score (nSPS) is 16.5. The van der Waals surface area contributed by atoms with E-state index in [2.05, 4.69) is 0 Å². The molecule has 1 unspecified atom stereocenters. The Labute approximate surface area is 103 Å². The maximum Gasteiger partial charge on any atom is 0.420 e. The van der Waals surface area contributed by atoms with Crippen LogP contribution in [0.1, 0.15) is 24.0 Å². The quantitative estimate of drug-likeness (QED) is 0.889. The SMILES string of the molecule is CC(CN)c1ccc(C(F)(F)F)c2c1OCCO2. The van der Waals surface area contributed by atoms with Gasteiger partial charge in [-0.3, -0.25) is 0 Å². The first-order valence-electron chi connectivity index (χ1n) is 5.65. The van der Waals surface area contributed by atoms with Gasteiger partial charge in [-0.2, -0.15) is 13.2 Å². The molecule has 2 rings (SSSR count). The van der Waals surface area contributed by atoms with Crippen molar-refractivity contribution in [2.75, 3.05) is 19.8 Å². The van der Waals surface area contributed by atoms with Gasteiger partial charge in [-0.05, 0) is 18.5 Å². The second-order valence-electron chi connectivity index (χ2n) is 4.19. The number of ether oxygens (including phenoxy) is 2. The van der Waals surface area contributed by atoms with Gasteiger partial charge >= 0.3 is 6.18 Å². The number of fused-ring (bicyclic) bond motifs is 1. The third-order valence-electron chi connectivity index (χ3n) is 2.91. The molecule has 1 aliphatic rings. The van der Waals surface area contributed by atoms with Crippen LogP contribution >= 0.6 is 0 Å². The molecule has 0 aromatic heterocycles. The van der Waals surface area contributed by atoms with E-state index >= 15 is 0 Å². The smallest absolute Gasteiger partial charge is 0.420 e. The molecular weight excluding hydrogens is 247 g/mol. The summed E-state index contributed by atoms with van der Waals surface area (Å²) >= 11 is 0. The number of benzene rings is 1. The number of hydrogen-bond acceptors (Lipinski definition) is 3.